The van der Waals surface area contributed by atoms with E-state index in [-0.39, 0.29) is 23.1 Å². The molecule has 0 saturated carbocycles. The molecule has 1 saturated heterocycles. The highest BCUT2D eigenvalue weighted by molar-refractivity contribution is 7.89. The summed E-state index contributed by atoms with van der Waals surface area (Å²) in [5.74, 6) is -1.19. The van der Waals surface area contributed by atoms with Crippen LogP contribution in [-0.2, 0) is 19.5 Å². The maximum atomic E-state index is 12.3. The molecule has 1 atom stereocenters. The second-order valence-electron chi connectivity index (χ2n) is 5.77. The average Bonchev–Trinajstić information content (AvgIpc) is 3.10. The monoisotopic (exact) mass is 372 g/mol. The zero-order valence-corrected chi connectivity index (χ0v) is 15.0. The van der Waals surface area contributed by atoms with Crippen molar-refractivity contribution >= 4 is 21.7 Å². The Morgan fingerprint density at radius 3 is 2.88 bits per heavy atom. The second-order valence-corrected chi connectivity index (χ2v) is 7.54. The topological polar surface area (TPSA) is 114 Å². The highest BCUT2D eigenvalue weighted by atomic mass is 32.2. The van der Waals surface area contributed by atoms with Crippen molar-refractivity contribution in [1.29, 1.82) is 0 Å². The molecule has 140 valence electrons. The zero-order chi connectivity index (χ0) is 18.3. The zero-order valence-electron chi connectivity index (χ0n) is 14.2. The number of methoxy groups -OCH3 is 1. The van der Waals surface area contributed by atoms with Crippen LogP contribution < -0.4 is 10.0 Å². The number of aromatic carboxylic acids is 1. The highest BCUT2D eigenvalue weighted by Crippen LogP contribution is 2.22. The van der Waals surface area contributed by atoms with Crippen molar-refractivity contribution in [2.24, 2.45) is 0 Å². The number of carboxylic acids is 1. The molecule has 8 nitrogen and oxygen atoms in total. The Kier molecular flexibility index (Phi) is 7.18. The summed E-state index contributed by atoms with van der Waals surface area (Å²) in [7, 11) is -2.23. The molecule has 0 radical (unpaired) electrons. The molecule has 1 aliphatic heterocycles. The maximum absolute atomic E-state index is 12.3. The van der Waals surface area contributed by atoms with Gasteiger partial charge in [0, 0.05) is 39.1 Å². The number of nitrogens with one attached hydrogen (secondary N) is 2. The van der Waals surface area contributed by atoms with Gasteiger partial charge in [0.1, 0.15) is 0 Å². The van der Waals surface area contributed by atoms with Crippen molar-refractivity contribution in [1.82, 2.24) is 4.72 Å². The molecule has 1 aromatic carbocycles. The number of ether oxygens (including phenoxy) is 2. The molecule has 9 heteroatoms. The van der Waals surface area contributed by atoms with E-state index in [4.69, 9.17) is 9.47 Å². The Morgan fingerprint density at radius 2 is 2.24 bits per heavy atom. The summed E-state index contributed by atoms with van der Waals surface area (Å²) in [6.45, 7) is 1.86. The van der Waals surface area contributed by atoms with Crippen LogP contribution in [0.1, 0.15) is 29.6 Å². The molecule has 0 aromatic heterocycles. The molecule has 0 spiro atoms. The van der Waals surface area contributed by atoms with Crippen molar-refractivity contribution in [3.63, 3.8) is 0 Å². The quantitative estimate of drug-likeness (QED) is 0.530. The lowest BCUT2D eigenvalue weighted by molar-refractivity contribution is 0.0697. The van der Waals surface area contributed by atoms with Gasteiger partial charge in [-0.1, -0.05) is 0 Å². The van der Waals surface area contributed by atoms with Crippen molar-refractivity contribution in [3.05, 3.63) is 23.8 Å². The third kappa shape index (κ3) is 5.67. The number of hydrogen-bond donors (Lipinski definition) is 3. The van der Waals surface area contributed by atoms with Crippen LogP contribution >= 0.6 is 0 Å². The summed E-state index contributed by atoms with van der Waals surface area (Å²) in [5.41, 5.74) is 0.291. The minimum absolute atomic E-state index is 0.0486. The summed E-state index contributed by atoms with van der Waals surface area (Å²) in [6.07, 6.45) is 2.49. The van der Waals surface area contributed by atoms with Crippen LogP contribution in [0.3, 0.4) is 0 Å². The molecule has 1 aliphatic rings. The molecular formula is C16H24N2O6S. The van der Waals surface area contributed by atoms with Crippen LogP contribution in [0.25, 0.3) is 0 Å². The minimum atomic E-state index is -3.77. The third-order valence-corrected chi connectivity index (χ3v) is 5.35. The highest BCUT2D eigenvalue weighted by Gasteiger charge is 2.20. The second kappa shape index (κ2) is 9.14. The summed E-state index contributed by atoms with van der Waals surface area (Å²) in [4.78, 5) is 11.4. The Bertz CT molecular complexity index is 686. The lowest BCUT2D eigenvalue weighted by atomic mass is 10.1. The van der Waals surface area contributed by atoms with Crippen molar-refractivity contribution in [3.8, 4) is 0 Å². The van der Waals surface area contributed by atoms with Crippen LogP contribution in [0.5, 0.6) is 0 Å². The average molecular weight is 372 g/mol. The number of anilines is 1. The SMILES string of the molecule is COCCCNS(=O)(=O)c1ccc(NC[C@H]2CCCO2)c(C(=O)O)c1. The van der Waals surface area contributed by atoms with Gasteiger partial charge < -0.3 is 19.9 Å². The molecule has 1 aromatic rings. The maximum Gasteiger partial charge on any atom is 0.337 e. The predicted octanol–water partition coefficient (Wildman–Crippen LogP) is 1.29. The van der Waals surface area contributed by atoms with Crippen LogP contribution in [0.2, 0.25) is 0 Å². The number of rotatable bonds is 10. The van der Waals surface area contributed by atoms with E-state index in [9.17, 15) is 18.3 Å². The summed E-state index contributed by atoms with van der Waals surface area (Å²) in [5, 5.41) is 12.4. The predicted molar refractivity (Wildman–Crippen MR) is 92.5 cm³/mol. The molecule has 2 rings (SSSR count). The van der Waals surface area contributed by atoms with E-state index in [0.717, 1.165) is 12.8 Å². The van der Waals surface area contributed by atoms with Crippen LogP contribution in [0, 0.1) is 0 Å². The first kappa shape index (κ1) is 19.6. The molecule has 0 aliphatic carbocycles. The van der Waals surface area contributed by atoms with E-state index in [1.165, 1.54) is 25.3 Å². The van der Waals surface area contributed by atoms with Gasteiger partial charge in [0.15, 0.2) is 0 Å². The van der Waals surface area contributed by atoms with Gasteiger partial charge >= 0.3 is 5.97 Å². The first-order valence-corrected chi connectivity index (χ1v) is 9.64. The molecule has 1 heterocycles. The van der Waals surface area contributed by atoms with E-state index in [1.807, 2.05) is 0 Å². The van der Waals surface area contributed by atoms with E-state index in [2.05, 4.69) is 10.0 Å². The first-order chi connectivity index (χ1) is 11.9. The fraction of sp³-hybridized carbons (Fsp3) is 0.562. The van der Waals surface area contributed by atoms with Gasteiger partial charge in [-0.3, -0.25) is 0 Å². The Hall–Kier alpha value is -1.68. The molecule has 1 fully saturated rings. The molecule has 0 unspecified atom stereocenters. The first-order valence-electron chi connectivity index (χ1n) is 8.15. The number of carboxylic acid groups (broad SMARTS) is 1. The molecular weight excluding hydrogens is 348 g/mol. The van der Waals surface area contributed by atoms with E-state index < -0.39 is 16.0 Å². The molecule has 0 bridgehead atoms. The van der Waals surface area contributed by atoms with E-state index in [1.54, 1.807) is 0 Å². The largest absolute Gasteiger partial charge is 0.478 e. The number of sulfonamides is 1. The van der Waals surface area contributed by atoms with Crippen LogP contribution in [0.15, 0.2) is 23.1 Å². The van der Waals surface area contributed by atoms with Gasteiger partial charge in [0.05, 0.1) is 16.6 Å². The van der Waals surface area contributed by atoms with Gasteiger partial charge in [-0.15, -0.1) is 0 Å². The van der Waals surface area contributed by atoms with Gasteiger partial charge in [0.25, 0.3) is 0 Å². The summed E-state index contributed by atoms with van der Waals surface area (Å²) >= 11 is 0. The summed E-state index contributed by atoms with van der Waals surface area (Å²) < 4.78 is 37.3. The van der Waals surface area contributed by atoms with Crippen molar-refractivity contribution in [2.45, 2.75) is 30.3 Å². The van der Waals surface area contributed by atoms with E-state index in [0.29, 0.717) is 31.9 Å². The fourth-order valence-corrected chi connectivity index (χ4v) is 3.66. The van der Waals surface area contributed by atoms with Crippen LogP contribution in [0.4, 0.5) is 5.69 Å². The Morgan fingerprint density at radius 1 is 1.44 bits per heavy atom. The Labute approximate surface area is 147 Å². The number of hydrogen-bond acceptors (Lipinski definition) is 6. The van der Waals surface area contributed by atoms with Crippen molar-refractivity contribution in [2.75, 3.05) is 38.7 Å². The minimum Gasteiger partial charge on any atom is -0.478 e. The van der Waals surface area contributed by atoms with Gasteiger partial charge in [-0.05, 0) is 37.5 Å². The van der Waals surface area contributed by atoms with Crippen molar-refractivity contribution < 1.29 is 27.8 Å². The lowest BCUT2D eigenvalue weighted by Gasteiger charge is -2.15. The van der Waals surface area contributed by atoms with Gasteiger partial charge in [-0.25, -0.2) is 17.9 Å². The lowest BCUT2D eigenvalue weighted by Crippen LogP contribution is -2.26. The number of carbonyl (C=O) groups is 1. The summed E-state index contributed by atoms with van der Waals surface area (Å²) in [6, 6.07) is 4.03. The standard InChI is InChI=1S/C16H24N2O6S/c1-23-8-3-7-18-25(21,22)13-5-6-15(14(10-13)16(19)20)17-11-12-4-2-9-24-12/h5-6,10,12,17-18H,2-4,7-9,11H2,1H3,(H,19,20)/t12-/m1/s1. The molecule has 3 N–H and O–H groups in total. The van der Waals surface area contributed by atoms with E-state index >= 15 is 0 Å². The molecule has 25 heavy (non-hydrogen) atoms. The molecule has 0 amide bonds. The number of benzene rings is 1. The third-order valence-electron chi connectivity index (χ3n) is 3.89. The Balaban J connectivity index is 2.09. The smallest absolute Gasteiger partial charge is 0.337 e. The fourth-order valence-electron chi connectivity index (χ4n) is 2.56. The van der Waals surface area contributed by atoms with Crippen LogP contribution in [-0.4, -0.2) is 59.0 Å². The van der Waals surface area contributed by atoms with Gasteiger partial charge in [0.2, 0.25) is 10.0 Å². The normalized spacial score (nSPS) is 17.6. The van der Waals surface area contributed by atoms with Gasteiger partial charge in [-0.2, -0.15) is 0 Å².